The Morgan fingerprint density at radius 3 is 2.00 bits per heavy atom. The highest BCUT2D eigenvalue weighted by Crippen LogP contribution is 2.22. The predicted molar refractivity (Wildman–Crippen MR) is 131 cm³/mol. The van der Waals surface area contributed by atoms with Crippen molar-refractivity contribution in [2.24, 2.45) is 5.92 Å². The molecule has 0 atom stereocenters. The van der Waals surface area contributed by atoms with Gasteiger partial charge >= 0.3 is 0 Å². The molecule has 0 aromatic heterocycles. The molecule has 0 radical (unpaired) electrons. The maximum absolute atomic E-state index is 12.9. The minimum Gasteiger partial charge on any atom is -0.342 e. The van der Waals surface area contributed by atoms with Gasteiger partial charge in [0.2, 0.25) is 21.8 Å². The number of sulfonamides is 1. The standard InChI is InChI=1S/C25H38N4O4S/c30-24(20-26-14-10-23(11-15-26)25(31)28-12-6-1-2-7-13-28)27-16-18-29(19-17-27)34(32,33)21-22-8-4-3-5-9-22/h3-5,8-9,23H,1-2,6-7,10-21H2. The number of amides is 2. The molecule has 2 amide bonds. The fourth-order valence-corrected chi connectivity index (χ4v) is 6.79. The van der Waals surface area contributed by atoms with Crippen LogP contribution in [0.2, 0.25) is 0 Å². The van der Waals surface area contributed by atoms with Crippen molar-refractivity contribution in [3.8, 4) is 0 Å². The predicted octanol–water partition coefficient (Wildman–Crippen LogP) is 1.78. The molecule has 0 spiro atoms. The molecular weight excluding hydrogens is 452 g/mol. The van der Waals surface area contributed by atoms with E-state index in [0.29, 0.717) is 38.6 Å². The molecule has 9 heteroatoms. The lowest BCUT2D eigenvalue weighted by Crippen LogP contribution is -2.53. The van der Waals surface area contributed by atoms with Crippen LogP contribution in [0.4, 0.5) is 0 Å². The van der Waals surface area contributed by atoms with Crippen LogP contribution in [-0.4, -0.2) is 98.1 Å². The summed E-state index contributed by atoms with van der Waals surface area (Å²) >= 11 is 0. The van der Waals surface area contributed by atoms with E-state index >= 15 is 0 Å². The van der Waals surface area contributed by atoms with Crippen LogP contribution in [-0.2, 0) is 25.4 Å². The van der Waals surface area contributed by atoms with Crippen LogP contribution >= 0.6 is 0 Å². The maximum atomic E-state index is 12.9. The third kappa shape index (κ3) is 6.58. The molecule has 8 nitrogen and oxygen atoms in total. The number of rotatable bonds is 6. The maximum Gasteiger partial charge on any atom is 0.236 e. The summed E-state index contributed by atoms with van der Waals surface area (Å²) in [5.41, 5.74) is 0.777. The number of hydrogen-bond donors (Lipinski definition) is 0. The second-order valence-electron chi connectivity index (χ2n) is 9.81. The quantitative estimate of drug-likeness (QED) is 0.607. The highest BCUT2D eigenvalue weighted by atomic mass is 32.2. The fourth-order valence-electron chi connectivity index (χ4n) is 5.27. The van der Waals surface area contributed by atoms with Gasteiger partial charge in [0.1, 0.15) is 0 Å². The summed E-state index contributed by atoms with van der Waals surface area (Å²) in [6.45, 7) is 5.20. The Morgan fingerprint density at radius 1 is 0.765 bits per heavy atom. The lowest BCUT2D eigenvalue weighted by molar-refractivity contribution is -0.137. The summed E-state index contributed by atoms with van der Waals surface area (Å²) in [4.78, 5) is 31.7. The van der Waals surface area contributed by atoms with Crippen molar-refractivity contribution in [2.75, 3.05) is 58.9 Å². The smallest absolute Gasteiger partial charge is 0.236 e. The number of nitrogens with zero attached hydrogens (tertiary/aromatic N) is 4. The number of piperidine rings is 1. The van der Waals surface area contributed by atoms with Crippen LogP contribution in [0.3, 0.4) is 0 Å². The van der Waals surface area contributed by atoms with E-state index in [1.807, 2.05) is 30.3 Å². The molecule has 1 aromatic carbocycles. The first-order chi connectivity index (χ1) is 16.4. The van der Waals surface area contributed by atoms with Crippen molar-refractivity contribution in [3.05, 3.63) is 35.9 Å². The number of carbonyl (C=O) groups is 2. The Hall–Kier alpha value is -1.97. The minimum absolute atomic E-state index is 0.00706. The van der Waals surface area contributed by atoms with Crippen LogP contribution in [0.1, 0.15) is 44.1 Å². The zero-order valence-corrected chi connectivity index (χ0v) is 20.9. The summed E-state index contributed by atoms with van der Waals surface area (Å²) in [6, 6.07) is 9.20. The topological polar surface area (TPSA) is 81.2 Å². The van der Waals surface area contributed by atoms with Crippen molar-refractivity contribution >= 4 is 21.8 Å². The van der Waals surface area contributed by atoms with Gasteiger partial charge in [-0.2, -0.15) is 4.31 Å². The average molecular weight is 491 g/mol. The van der Waals surface area contributed by atoms with Crippen molar-refractivity contribution in [1.82, 2.24) is 19.0 Å². The van der Waals surface area contributed by atoms with Gasteiger partial charge in [0.15, 0.2) is 0 Å². The monoisotopic (exact) mass is 490 g/mol. The molecule has 3 fully saturated rings. The molecule has 0 N–H and O–H groups in total. The summed E-state index contributed by atoms with van der Waals surface area (Å²) < 4.78 is 27.0. The molecule has 3 heterocycles. The van der Waals surface area contributed by atoms with Crippen molar-refractivity contribution < 1.29 is 18.0 Å². The highest BCUT2D eigenvalue weighted by molar-refractivity contribution is 7.88. The normalized spacial score (nSPS) is 21.9. The summed E-state index contributed by atoms with van der Waals surface area (Å²) in [6.07, 6.45) is 6.29. The first kappa shape index (κ1) is 25.1. The van der Waals surface area contributed by atoms with E-state index < -0.39 is 10.0 Å². The van der Waals surface area contributed by atoms with Gasteiger partial charge in [-0.05, 0) is 44.3 Å². The van der Waals surface area contributed by atoms with Gasteiger partial charge in [0, 0.05) is 45.2 Å². The third-order valence-electron chi connectivity index (χ3n) is 7.39. The summed E-state index contributed by atoms with van der Waals surface area (Å²) in [5, 5.41) is 0. The molecule has 1 aromatic rings. The van der Waals surface area contributed by atoms with E-state index in [1.54, 1.807) is 4.90 Å². The number of benzene rings is 1. The van der Waals surface area contributed by atoms with E-state index in [0.717, 1.165) is 57.4 Å². The Balaban J connectivity index is 1.19. The van der Waals surface area contributed by atoms with Gasteiger partial charge in [-0.1, -0.05) is 43.2 Å². The number of likely N-dealkylation sites (tertiary alicyclic amines) is 2. The molecule has 3 aliphatic heterocycles. The second kappa shape index (κ2) is 11.6. The van der Waals surface area contributed by atoms with Crippen molar-refractivity contribution in [1.29, 1.82) is 0 Å². The molecule has 3 saturated heterocycles. The molecule has 0 aliphatic carbocycles. The van der Waals surface area contributed by atoms with Crippen LogP contribution in [0.5, 0.6) is 0 Å². The van der Waals surface area contributed by atoms with Gasteiger partial charge in [-0.25, -0.2) is 8.42 Å². The Labute approximate surface area is 203 Å². The molecule has 0 unspecified atom stereocenters. The number of piperazine rings is 1. The van der Waals surface area contributed by atoms with Crippen molar-refractivity contribution in [3.63, 3.8) is 0 Å². The molecular formula is C25H38N4O4S. The van der Waals surface area contributed by atoms with E-state index in [9.17, 15) is 18.0 Å². The van der Waals surface area contributed by atoms with E-state index in [-0.39, 0.29) is 17.6 Å². The van der Waals surface area contributed by atoms with Gasteiger partial charge in [-0.15, -0.1) is 0 Å². The van der Waals surface area contributed by atoms with Crippen LogP contribution in [0, 0.1) is 5.92 Å². The van der Waals surface area contributed by atoms with Crippen LogP contribution in [0.25, 0.3) is 0 Å². The van der Waals surface area contributed by atoms with E-state index in [1.165, 1.54) is 17.1 Å². The minimum atomic E-state index is -3.39. The average Bonchev–Trinajstić information content (AvgIpc) is 3.14. The second-order valence-corrected chi connectivity index (χ2v) is 11.8. The molecule has 0 saturated carbocycles. The summed E-state index contributed by atoms with van der Waals surface area (Å²) in [5.74, 6) is 0.438. The number of carbonyl (C=O) groups excluding carboxylic acids is 2. The first-order valence-corrected chi connectivity index (χ1v) is 14.3. The van der Waals surface area contributed by atoms with Gasteiger partial charge < -0.3 is 9.80 Å². The Morgan fingerprint density at radius 2 is 1.38 bits per heavy atom. The van der Waals surface area contributed by atoms with Crippen LogP contribution < -0.4 is 0 Å². The fraction of sp³-hybridized carbons (Fsp3) is 0.680. The largest absolute Gasteiger partial charge is 0.342 e. The molecule has 188 valence electrons. The Kier molecular flexibility index (Phi) is 8.60. The zero-order chi connectivity index (χ0) is 24.0. The van der Waals surface area contributed by atoms with Gasteiger partial charge in [-0.3, -0.25) is 14.5 Å². The van der Waals surface area contributed by atoms with Gasteiger partial charge in [0.25, 0.3) is 0 Å². The van der Waals surface area contributed by atoms with Crippen molar-refractivity contribution in [2.45, 2.75) is 44.3 Å². The molecule has 3 aliphatic rings. The SMILES string of the molecule is O=C(CN1CCC(C(=O)N2CCCCCC2)CC1)N1CCN(S(=O)(=O)Cc2ccccc2)CC1. The molecule has 34 heavy (non-hydrogen) atoms. The van der Waals surface area contributed by atoms with Gasteiger partial charge in [0.05, 0.1) is 12.3 Å². The van der Waals surface area contributed by atoms with Crippen LogP contribution in [0.15, 0.2) is 30.3 Å². The van der Waals surface area contributed by atoms with E-state index in [4.69, 9.17) is 0 Å². The zero-order valence-electron chi connectivity index (χ0n) is 20.1. The molecule has 4 rings (SSSR count). The summed E-state index contributed by atoms with van der Waals surface area (Å²) in [7, 11) is -3.39. The van der Waals surface area contributed by atoms with E-state index in [2.05, 4.69) is 9.80 Å². The lowest BCUT2D eigenvalue weighted by atomic mass is 9.95. The Bertz CT molecular complexity index is 915. The highest BCUT2D eigenvalue weighted by Gasteiger charge is 2.32. The lowest BCUT2D eigenvalue weighted by Gasteiger charge is -2.37. The third-order valence-corrected chi connectivity index (χ3v) is 9.24. The number of hydrogen-bond acceptors (Lipinski definition) is 5. The first-order valence-electron chi connectivity index (χ1n) is 12.7. The molecule has 0 bridgehead atoms.